The van der Waals surface area contributed by atoms with Crippen molar-refractivity contribution in [3.05, 3.63) is 30.4 Å². The van der Waals surface area contributed by atoms with Crippen LogP contribution in [0.4, 0.5) is 5.82 Å². The molecule has 3 rings (SSSR count). The molecule has 8 heteroatoms. The Kier molecular flexibility index (Phi) is 6.28. The largest absolute Gasteiger partial charge is 0.384 e. The standard InChI is InChI=1S/C19H26N6O2/c1-24(2)17-12-15(22-19(23-17)16-13-20-7-8-21-16)14-4-9-25(10-5-14)18(26)6-11-27-3/h7-8,12-14H,4-6,9-11H2,1-3H3. The van der Waals surface area contributed by atoms with Crippen molar-refractivity contribution in [2.24, 2.45) is 0 Å². The number of piperidine rings is 1. The number of rotatable bonds is 6. The van der Waals surface area contributed by atoms with E-state index in [0.717, 1.165) is 37.4 Å². The van der Waals surface area contributed by atoms with Gasteiger partial charge in [0.05, 0.1) is 19.2 Å². The van der Waals surface area contributed by atoms with Crippen molar-refractivity contribution < 1.29 is 9.53 Å². The Balaban J connectivity index is 1.77. The lowest BCUT2D eigenvalue weighted by Crippen LogP contribution is -2.38. The van der Waals surface area contributed by atoms with E-state index < -0.39 is 0 Å². The highest BCUT2D eigenvalue weighted by Gasteiger charge is 2.25. The summed E-state index contributed by atoms with van der Waals surface area (Å²) in [5, 5.41) is 0. The fourth-order valence-electron chi connectivity index (χ4n) is 3.19. The zero-order valence-electron chi connectivity index (χ0n) is 16.1. The second-order valence-electron chi connectivity index (χ2n) is 6.86. The molecule has 1 amide bonds. The first-order valence-corrected chi connectivity index (χ1v) is 9.18. The molecule has 0 aliphatic carbocycles. The Morgan fingerprint density at radius 1 is 1.26 bits per heavy atom. The molecule has 1 aliphatic heterocycles. The number of anilines is 1. The predicted octanol–water partition coefficient (Wildman–Crippen LogP) is 1.74. The van der Waals surface area contributed by atoms with Crippen molar-refractivity contribution in [2.75, 3.05) is 45.8 Å². The highest BCUT2D eigenvalue weighted by atomic mass is 16.5. The molecule has 2 aromatic heterocycles. The van der Waals surface area contributed by atoms with Crippen LogP contribution in [-0.2, 0) is 9.53 Å². The van der Waals surface area contributed by atoms with Gasteiger partial charge in [-0.15, -0.1) is 0 Å². The summed E-state index contributed by atoms with van der Waals surface area (Å²) in [7, 11) is 5.54. The number of hydrogen-bond acceptors (Lipinski definition) is 7. The first-order chi connectivity index (χ1) is 13.1. The quantitative estimate of drug-likeness (QED) is 0.766. The molecule has 0 N–H and O–H groups in total. The molecule has 144 valence electrons. The highest BCUT2D eigenvalue weighted by molar-refractivity contribution is 5.76. The zero-order valence-corrected chi connectivity index (χ0v) is 16.1. The molecule has 0 spiro atoms. The molecule has 8 nitrogen and oxygen atoms in total. The normalized spacial score (nSPS) is 15.0. The van der Waals surface area contributed by atoms with Crippen LogP contribution in [0.25, 0.3) is 11.5 Å². The van der Waals surface area contributed by atoms with E-state index in [-0.39, 0.29) is 5.91 Å². The minimum Gasteiger partial charge on any atom is -0.384 e. The van der Waals surface area contributed by atoms with Gasteiger partial charge in [-0.3, -0.25) is 9.78 Å². The number of aromatic nitrogens is 4. The van der Waals surface area contributed by atoms with Crippen molar-refractivity contribution >= 4 is 11.7 Å². The number of amides is 1. The van der Waals surface area contributed by atoms with E-state index >= 15 is 0 Å². The van der Waals surface area contributed by atoms with Crippen LogP contribution < -0.4 is 4.90 Å². The third kappa shape index (κ3) is 4.77. The van der Waals surface area contributed by atoms with Gasteiger partial charge in [0, 0.05) is 64.4 Å². The Hall–Kier alpha value is -2.61. The third-order valence-electron chi connectivity index (χ3n) is 4.77. The van der Waals surface area contributed by atoms with E-state index in [0.29, 0.717) is 30.5 Å². The highest BCUT2D eigenvalue weighted by Crippen LogP contribution is 2.30. The van der Waals surface area contributed by atoms with Crippen LogP contribution in [0, 0.1) is 0 Å². The van der Waals surface area contributed by atoms with Gasteiger partial charge >= 0.3 is 0 Å². The van der Waals surface area contributed by atoms with Gasteiger partial charge in [0.1, 0.15) is 11.5 Å². The van der Waals surface area contributed by atoms with Crippen LogP contribution in [-0.4, -0.2) is 71.6 Å². The first-order valence-electron chi connectivity index (χ1n) is 9.18. The average molecular weight is 370 g/mol. The molecule has 1 aliphatic rings. The average Bonchev–Trinajstić information content (AvgIpc) is 2.72. The molecule has 1 fully saturated rings. The maximum Gasteiger partial charge on any atom is 0.224 e. The minimum atomic E-state index is 0.159. The smallest absolute Gasteiger partial charge is 0.224 e. The number of ether oxygens (including phenoxy) is 1. The molecule has 0 saturated carbocycles. The molecule has 1 saturated heterocycles. The second-order valence-corrected chi connectivity index (χ2v) is 6.86. The number of carbonyl (C=O) groups is 1. The van der Waals surface area contributed by atoms with E-state index in [2.05, 4.69) is 15.0 Å². The van der Waals surface area contributed by atoms with Gasteiger partial charge in [-0.05, 0) is 12.8 Å². The number of nitrogens with zero attached hydrogens (tertiary/aromatic N) is 6. The Morgan fingerprint density at radius 2 is 2.04 bits per heavy atom. The zero-order chi connectivity index (χ0) is 19.2. The Morgan fingerprint density at radius 3 is 2.67 bits per heavy atom. The minimum absolute atomic E-state index is 0.159. The summed E-state index contributed by atoms with van der Waals surface area (Å²) in [6.07, 6.45) is 7.18. The van der Waals surface area contributed by atoms with Crippen LogP contribution in [0.2, 0.25) is 0 Å². The van der Waals surface area contributed by atoms with E-state index in [4.69, 9.17) is 9.72 Å². The summed E-state index contributed by atoms with van der Waals surface area (Å²) < 4.78 is 5.00. The predicted molar refractivity (Wildman–Crippen MR) is 102 cm³/mol. The van der Waals surface area contributed by atoms with Crippen molar-refractivity contribution in [3.8, 4) is 11.5 Å². The molecular weight excluding hydrogens is 344 g/mol. The molecule has 27 heavy (non-hydrogen) atoms. The van der Waals surface area contributed by atoms with Gasteiger partial charge in [0.25, 0.3) is 0 Å². The van der Waals surface area contributed by atoms with Gasteiger partial charge in [0.15, 0.2) is 5.82 Å². The van der Waals surface area contributed by atoms with Crippen molar-refractivity contribution in [2.45, 2.75) is 25.2 Å². The number of carbonyl (C=O) groups excluding carboxylic acids is 1. The summed E-state index contributed by atoms with van der Waals surface area (Å²) in [4.78, 5) is 33.9. The van der Waals surface area contributed by atoms with E-state index in [1.165, 1.54) is 0 Å². The maximum atomic E-state index is 12.2. The number of hydrogen-bond donors (Lipinski definition) is 0. The topological polar surface area (TPSA) is 84.3 Å². The first kappa shape index (κ1) is 19.2. The summed E-state index contributed by atoms with van der Waals surface area (Å²) in [6.45, 7) is 1.96. The van der Waals surface area contributed by atoms with Gasteiger partial charge < -0.3 is 14.5 Å². The summed E-state index contributed by atoms with van der Waals surface area (Å²) in [5.74, 6) is 1.89. The van der Waals surface area contributed by atoms with Crippen molar-refractivity contribution in [3.63, 3.8) is 0 Å². The summed E-state index contributed by atoms with van der Waals surface area (Å²) in [6, 6.07) is 2.03. The molecule has 0 bridgehead atoms. The lowest BCUT2D eigenvalue weighted by Gasteiger charge is -2.32. The van der Waals surface area contributed by atoms with E-state index in [1.54, 1.807) is 25.7 Å². The van der Waals surface area contributed by atoms with Crippen molar-refractivity contribution in [1.82, 2.24) is 24.8 Å². The molecule has 2 aromatic rings. The van der Waals surface area contributed by atoms with E-state index in [1.807, 2.05) is 30.0 Å². The fraction of sp³-hybridized carbons (Fsp3) is 0.526. The molecule has 0 aromatic carbocycles. The molecule has 3 heterocycles. The van der Waals surface area contributed by atoms with Gasteiger partial charge in [-0.25, -0.2) is 15.0 Å². The SMILES string of the molecule is COCCC(=O)N1CCC(c2cc(N(C)C)nc(-c3cnccn3)n2)CC1. The van der Waals surface area contributed by atoms with E-state index in [9.17, 15) is 4.79 Å². The lowest BCUT2D eigenvalue weighted by atomic mass is 9.93. The van der Waals surface area contributed by atoms with Gasteiger partial charge in [0.2, 0.25) is 5.91 Å². The van der Waals surface area contributed by atoms with Gasteiger partial charge in [-0.2, -0.15) is 0 Å². The maximum absolute atomic E-state index is 12.2. The van der Waals surface area contributed by atoms with Gasteiger partial charge in [-0.1, -0.05) is 0 Å². The second kappa shape index (κ2) is 8.85. The van der Waals surface area contributed by atoms with Crippen LogP contribution in [0.5, 0.6) is 0 Å². The van der Waals surface area contributed by atoms with Crippen molar-refractivity contribution in [1.29, 1.82) is 0 Å². The Labute approximate surface area is 159 Å². The molecule has 0 radical (unpaired) electrons. The molecular formula is C19H26N6O2. The van der Waals surface area contributed by atoms with Crippen LogP contribution in [0.3, 0.4) is 0 Å². The van der Waals surface area contributed by atoms with Crippen LogP contribution in [0.15, 0.2) is 24.7 Å². The van der Waals surface area contributed by atoms with Crippen LogP contribution >= 0.6 is 0 Å². The van der Waals surface area contributed by atoms with Crippen LogP contribution in [0.1, 0.15) is 30.9 Å². The number of likely N-dealkylation sites (tertiary alicyclic amines) is 1. The summed E-state index contributed by atoms with van der Waals surface area (Å²) >= 11 is 0. The number of methoxy groups -OCH3 is 1. The fourth-order valence-corrected chi connectivity index (χ4v) is 3.19. The molecule has 0 atom stereocenters. The third-order valence-corrected chi connectivity index (χ3v) is 4.77. The lowest BCUT2D eigenvalue weighted by molar-refractivity contribution is -0.133. The monoisotopic (exact) mass is 370 g/mol. The Bertz CT molecular complexity index is 760. The summed E-state index contributed by atoms with van der Waals surface area (Å²) in [5.41, 5.74) is 1.66. The molecule has 0 unspecified atom stereocenters.